The number of rotatable bonds is 3. The van der Waals surface area contributed by atoms with Crippen LogP contribution in [0.2, 0.25) is 0 Å². The van der Waals surface area contributed by atoms with Crippen LogP contribution in [0.15, 0.2) is 60.8 Å². The lowest BCUT2D eigenvalue weighted by Crippen LogP contribution is -2.00. The van der Waals surface area contributed by atoms with Crippen molar-refractivity contribution in [2.45, 2.75) is 6.10 Å². The summed E-state index contributed by atoms with van der Waals surface area (Å²) in [7, 11) is 1.62. The molecule has 1 aromatic heterocycles. The van der Waals surface area contributed by atoms with Crippen LogP contribution in [0.3, 0.4) is 0 Å². The molecule has 1 unspecified atom stereocenters. The number of nitrogens with zero attached hydrogens (tertiary/aromatic N) is 1. The van der Waals surface area contributed by atoms with E-state index in [0.717, 1.165) is 27.8 Å². The number of hydrogen-bond donors (Lipinski definition) is 1. The molecule has 0 bridgehead atoms. The number of aliphatic hydroxyl groups is 1. The van der Waals surface area contributed by atoms with Crippen LogP contribution in [0.25, 0.3) is 10.9 Å². The molecule has 1 atom stereocenters. The van der Waals surface area contributed by atoms with Crippen molar-refractivity contribution >= 4 is 10.9 Å². The largest absolute Gasteiger partial charge is 0.497 e. The van der Waals surface area contributed by atoms with Gasteiger partial charge in [-0.15, -0.1) is 0 Å². The Labute approximate surface area is 117 Å². The van der Waals surface area contributed by atoms with Crippen LogP contribution in [0.5, 0.6) is 5.75 Å². The number of methoxy groups -OCH3 is 1. The molecule has 2 aromatic carbocycles. The van der Waals surface area contributed by atoms with Gasteiger partial charge in [-0.3, -0.25) is 4.98 Å². The average molecular weight is 265 g/mol. The Morgan fingerprint density at radius 1 is 1.00 bits per heavy atom. The molecule has 3 heteroatoms. The monoisotopic (exact) mass is 265 g/mol. The van der Waals surface area contributed by atoms with Gasteiger partial charge in [0.2, 0.25) is 0 Å². The molecule has 0 spiro atoms. The molecule has 0 saturated carbocycles. The molecule has 0 aliphatic rings. The SMILES string of the molecule is COc1cccc(C(O)c2ccc3cccnc3c2)c1. The molecule has 0 aliphatic carbocycles. The highest BCUT2D eigenvalue weighted by molar-refractivity contribution is 5.79. The van der Waals surface area contributed by atoms with E-state index in [1.54, 1.807) is 13.3 Å². The first-order valence-electron chi connectivity index (χ1n) is 6.44. The minimum absolute atomic E-state index is 0.684. The number of benzene rings is 2. The zero-order valence-corrected chi connectivity index (χ0v) is 11.2. The number of aliphatic hydroxyl groups excluding tert-OH is 1. The molecule has 3 rings (SSSR count). The van der Waals surface area contributed by atoms with Crippen molar-refractivity contribution in [1.29, 1.82) is 0 Å². The van der Waals surface area contributed by atoms with Crippen LogP contribution in [0.1, 0.15) is 17.2 Å². The van der Waals surface area contributed by atoms with E-state index < -0.39 is 6.10 Å². The maximum atomic E-state index is 10.5. The van der Waals surface area contributed by atoms with Gasteiger partial charge < -0.3 is 9.84 Å². The summed E-state index contributed by atoms with van der Waals surface area (Å²) in [5, 5.41) is 11.6. The van der Waals surface area contributed by atoms with Crippen molar-refractivity contribution in [3.05, 3.63) is 71.9 Å². The second kappa shape index (κ2) is 5.31. The number of hydrogen-bond acceptors (Lipinski definition) is 3. The molecule has 3 nitrogen and oxygen atoms in total. The molecule has 1 N–H and O–H groups in total. The first kappa shape index (κ1) is 12.6. The van der Waals surface area contributed by atoms with E-state index in [0.29, 0.717) is 0 Å². The lowest BCUT2D eigenvalue weighted by Gasteiger charge is -2.13. The molecule has 0 fully saturated rings. The van der Waals surface area contributed by atoms with Gasteiger partial charge in [0.15, 0.2) is 0 Å². The summed E-state index contributed by atoms with van der Waals surface area (Å²) in [6.07, 6.45) is 1.07. The number of pyridine rings is 1. The van der Waals surface area contributed by atoms with Crippen molar-refractivity contribution in [3.8, 4) is 5.75 Å². The Morgan fingerprint density at radius 2 is 1.85 bits per heavy atom. The zero-order chi connectivity index (χ0) is 13.9. The molecule has 100 valence electrons. The van der Waals surface area contributed by atoms with Crippen LogP contribution in [-0.2, 0) is 0 Å². The van der Waals surface area contributed by atoms with Crippen molar-refractivity contribution in [2.24, 2.45) is 0 Å². The fourth-order valence-electron chi connectivity index (χ4n) is 2.26. The van der Waals surface area contributed by atoms with Gasteiger partial charge in [0.05, 0.1) is 12.6 Å². The molecule has 20 heavy (non-hydrogen) atoms. The number of ether oxygens (including phenoxy) is 1. The molecule has 0 aliphatic heterocycles. The van der Waals surface area contributed by atoms with E-state index in [4.69, 9.17) is 4.74 Å². The van der Waals surface area contributed by atoms with E-state index in [9.17, 15) is 5.11 Å². The first-order chi connectivity index (χ1) is 9.78. The summed E-state index contributed by atoms with van der Waals surface area (Å²) in [4.78, 5) is 4.32. The maximum Gasteiger partial charge on any atom is 0.119 e. The summed E-state index contributed by atoms with van der Waals surface area (Å²) in [6, 6.07) is 17.2. The lowest BCUT2D eigenvalue weighted by molar-refractivity contribution is 0.220. The Kier molecular flexibility index (Phi) is 3.35. The van der Waals surface area contributed by atoms with E-state index >= 15 is 0 Å². The van der Waals surface area contributed by atoms with E-state index in [1.807, 2.05) is 54.6 Å². The predicted octanol–water partition coefficient (Wildman–Crippen LogP) is 3.33. The Hall–Kier alpha value is -2.39. The quantitative estimate of drug-likeness (QED) is 0.790. The fraction of sp³-hybridized carbons (Fsp3) is 0.118. The minimum atomic E-state index is -0.684. The van der Waals surface area contributed by atoms with Crippen molar-refractivity contribution in [2.75, 3.05) is 7.11 Å². The van der Waals surface area contributed by atoms with Gasteiger partial charge in [0, 0.05) is 11.6 Å². The second-order valence-electron chi connectivity index (χ2n) is 4.63. The first-order valence-corrected chi connectivity index (χ1v) is 6.44. The zero-order valence-electron chi connectivity index (χ0n) is 11.2. The van der Waals surface area contributed by atoms with E-state index in [-0.39, 0.29) is 0 Å². The highest BCUT2D eigenvalue weighted by Gasteiger charge is 2.11. The summed E-state index contributed by atoms with van der Waals surface area (Å²) in [6.45, 7) is 0. The third-order valence-electron chi connectivity index (χ3n) is 3.36. The topological polar surface area (TPSA) is 42.4 Å². The average Bonchev–Trinajstić information content (AvgIpc) is 2.53. The molecule has 0 amide bonds. The van der Waals surface area contributed by atoms with E-state index in [1.165, 1.54) is 0 Å². The van der Waals surface area contributed by atoms with Crippen LogP contribution < -0.4 is 4.74 Å². The molecule has 0 saturated heterocycles. The standard InChI is InChI=1S/C17H15NO2/c1-20-15-6-2-4-13(10-15)17(19)14-8-7-12-5-3-9-18-16(12)11-14/h2-11,17,19H,1H3. The molecular weight excluding hydrogens is 250 g/mol. The molecule has 3 aromatic rings. The Bertz CT molecular complexity index is 740. The van der Waals surface area contributed by atoms with Gasteiger partial charge >= 0.3 is 0 Å². The maximum absolute atomic E-state index is 10.5. The molecule has 1 heterocycles. The smallest absolute Gasteiger partial charge is 0.119 e. The van der Waals surface area contributed by atoms with Gasteiger partial charge in [0.1, 0.15) is 11.9 Å². The summed E-state index contributed by atoms with van der Waals surface area (Å²) < 4.78 is 5.19. The number of fused-ring (bicyclic) bond motifs is 1. The summed E-state index contributed by atoms with van der Waals surface area (Å²) in [5.74, 6) is 0.737. The molecular formula is C17H15NO2. The third-order valence-corrected chi connectivity index (χ3v) is 3.36. The van der Waals surface area contributed by atoms with Gasteiger partial charge in [-0.1, -0.05) is 30.3 Å². The van der Waals surface area contributed by atoms with Crippen LogP contribution in [0, 0.1) is 0 Å². The van der Waals surface area contributed by atoms with Gasteiger partial charge in [0.25, 0.3) is 0 Å². The Morgan fingerprint density at radius 3 is 2.70 bits per heavy atom. The highest BCUT2D eigenvalue weighted by atomic mass is 16.5. The summed E-state index contributed by atoms with van der Waals surface area (Å²) in [5.41, 5.74) is 2.51. The second-order valence-corrected chi connectivity index (χ2v) is 4.63. The van der Waals surface area contributed by atoms with Crippen molar-refractivity contribution in [1.82, 2.24) is 4.98 Å². The highest BCUT2D eigenvalue weighted by Crippen LogP contribution is 2.26. The summed E-state index contributed by atoms with van der Waals surface area (Å²) >= 11 is 0. The predicted molar refractivity (Wildman–Crippen MR) is 78.8 cm³/mol. The lowest BCUT2D eigenvalue weighted by atomic mass is 10.00. The fourth-order valence-corrected chi connectivity index (χ4v) is 2.26. The third kappa shape index (κ3) is 2.36. The van der Waals surface area contributed by atoms with Crippen LogP contribution in [-0.4, -0.2) is 17.2 Å². The van der Waals surface area contributed by atoms with Gasteiger partial charge in [-0.2, -0.15) is 0 Å². The normalized spacial score (nSPS) is 12.3. The van der Waals surface area contributed by atoms with E-state index in [2.05, 4.69) is 4.98 Å². The Balaban J connectivity index is 2.00. The molecule has 0 radical (unpaired) electrons. The van der Waals surface area contributed by atoms with Gasteiger partial charge in [-0.05, 0) is 35.4 Å². The van der Waals surface area contributed by atoms with Crippen molar-refractivity contribution < 1.29 is 9.84 Å². The number of aromatic nitrogens is 1. The van der Waals surface area contributed by atoms with Crippen LogP contribution in [0.4, 0.5) is 0 Å². The van der Waals surface area contributed by atoms with Gasteiger partial charge in [-0.25, -0.2) is 0 Å². The van der Waals surface area contributed by atoms with Crippen molar-refractivity contribution in [3.63, 3.8) is 0 Å². The van der Waals surface area contributed by atoms with Crippen LogP contribution >= 0.6 is 0 Å². The minimum Gasteiger partial charge on any atom is -0.497 e.